The number of benzene rings is 1. The van der Waals surface area contributed by atoms with Gasteiger partial charge in [0, 0.05) is 24.0 Å². The average molecular weight is 344 g/mol. The molecule has 0 saturated carbocycles. The van der Waals surface area contributed by atoms with Gasteiger partial charge in [0.15, 0.2) is 0 Å². The molecule has 0 aliphatic carbocycles. The van der Waals surface area contributed by atoms with E-state index in [1.165, 1.54) is 0 Å². The minimum absolute atomic E-state index is 0.186. The van der Waals surface area contributed by atoms with Crippen molar-refractivity contribution in [3.63, 3.8) is 0 Å². The summed E-state index contributed by atoms with van der Waals surface area (Å²) in [7, 11) is 0. The predicted molar refractivity (Wildman–Crippen MR) is 93.4 cm³/mol. The Morgan fingerprint density at radius 1 is 1.29 bits per heavy atom. The molecule has 24 heavy (non-hydrogen) atoms. The van der Waals surface area contributed by atoms with E-state index in [2.05, 4.69) is 15.5 Å². The molecule has 0 aliphatic rings. The molecule has 3 aromatic rings. The second-order valence-corrected chi connectivity index (χ2v) is 5.93. The SMILES string of the molecule is CCn1cc(C(=O)Nc2cnn(Cc3cccc(Cl)c3)c2)c(C)n1. The molecule has 7 heteroatoms. The molecule has 0 atom stereocenters. The third kappa shape index (κ3) is 3.65. The lowest BCUT2D eigenvalue weighted by Gasteiger charge is -2.02. The van der Waals surface area contributed by atoms with Gasteiger partial charge in [-0.3, -0.25) is 14.2 Å². The molecule has 3 rings (SSSR count). The summed E-state index contributed by atoms with van der Waals surface area (Å²) in [6.45, 7) is 5.12. The topological polar surface area (TPSA) is 64.7 Å². The van der Waals surface area contributed by atoms with Crippen LogP contribution in [-0.2, 0) is 13.1 Å². The number of anilines is 1. The first-order chi connectivity index (χ1) is 11.5. The Balaban J connectivity index is 1.69. The van der Waals surface area contributed by atoms with E-state index in [0.29, 0.717) is 28.5 Å². The fourth-order valence-electron chi connectivity index (χ4n) is 2.44. The van der Waals surface area contributed by atoms with Crippen LogP contribution in [0.4, 0.5) is 5.69 Å². The van der Waals surface area contributed by atoms with Crippen molar-refractivity contribution in [3.05, 3.63) is 64.7 Å². The zero-order chi connectivity index (χ0) is 17.1. The Bertz CT molecular complexity index is 868. The van der Waals surface area contributed by atoms with Crippen LogP contribution < -0.4 is 5.32 Å². The average Bonchev–Trinajstić information content (AvgIpc) is 3.13. The lowest BCUT2D eigenvalue weighted by Crippen LogP contribution is -2.12. The van der Waals surface area contributed by atoms with E-state index in [0.717, 1.165) is 12.1 Å². The minimum atomic E-state index is -0.186. The van der Waals surface area contributed by atoms with E-state index in [-0.39, 0.29) is 5.91 Å². The van der Waals surface area contributed by atoms with Gasteiger partial charge in [-0.15, -0.1) is 0 Å². The molecule has 0 spiro atoms. The molecule has 0 fully saturated rings. The monoisotopic (exact) mass is 343 g/mol. The van der Waals surface area contributed by atoms with Crippen molar-refractivity contribution < 1.29 is 4.79 Å². The van der Waals surface area contributed by atoms with Gasteiger partial charge >= 0.3 is 0 Å². The highest BCUT2D eigenvalue weighted by atomic mass is 35.5. The molecule has 1 N–H and O–H groups in total. The summed E-state index contributed by atoms with van der Waals surface area (Å²) in [4.78, 5) is 12.4. The molecular formula is C17H18ClN5O. The number of aromatic nitrogens is 4. The van der Waals surface area contributed by atoms with E-state index in [1.54, 1.807) is 28.0 Å². The van der Waals surface area contributed by atoms with Crippen molar-refractivity contribution in [1.29, 1.82) is 0 Å². The quantitative estimate of drug-likeness (QED) is 0.772. The molecule has 2 aromatic heterocycles. The third-order valence-electron chi connectivity index (χ3n) is 3.64. The number of aryl methyl sites for hydroxylation is 2. The van der Waals surface area contributed by atoms with Crippen molar-refractivity contribution >= 4 is 23.2 Å². The van der Waals surface area contributed by atoms with Crippen LogP contribution in [0.3, 0.4) is 0 Å². The zero-order valence-corrected chi connectivity index (χ0v) is 14.3. The van der Waals surface area contributed by atoms with Gasteiger partial charge in [0.05, 0.1) is 29.7 Å². The van der Waals surface area contributed by atoms with Crippen LogP contribution in [0.15, 0.2) is 42.9 Å². The number of carbonyl (C=O) groups excluding carboxylic acids is 1. The Morgan fingerprint density at radius 2 is 2.12 bits per heavy atom. The normalized spacial score (nSPS) is 10.8. The van der Waals surface area contributed by atoms with E-state index in [9.17, 15) is 4.79 Å². The van der Waals surface area contributed by atoms with Crippen molar-refractivity contribution in [2.24, 2.45) is 0 Å². The summed E-state index contributed by atoms with van der Waals surface area (Å²) >= 11 is 5.99. The highest BCUT2D eigenvalue weighted by Crippen LogP contribution is 2.14. The number of hydrogen-bond donors (Lipinski definition) is 1. The zero-order valence-electron chi connectivity index (χ0n) is 13.5. The van der Waals surface area contributed by atoms with Crippen molar-refractivity contribution in [2.75, 3.05) is 5.32 Å². The van der Waals surface area contributed by atoms with Crippen LogP contribution in [0.5, 0.6) is 0 Å². The van der Waals surface area contributed by atoms with Crippen LogP contribution >= 0.6 is 11.6 Å². The van der Waals surface area contributed by atoms with Gasteiger partial charge in [0.1, 0.15) is 0 Å². The predicted octanol–water partition coefficient (Wildman–Crippen LogP) is 3.36. The summed E-state index contributed by atoms with van der Waals surface area (Å²) < 4.78 is 3.50. The Kier molecular flexibility index (Phi) is 4.66. The molecule has 0 saturated heterocycles. The summed E-state index contributed by atoms with van der Waals surface area (Å²) in [5.41, 5.74) is 2.97. The first-order valence-corrected chi connectivity index (χ1v) is 8.05. The first kappa shape index (κ1) is 16.3. The maximum atomic E-state index is 12.4. The Hall–Kier alpha value is -2.60. The molecule has 0 radical (unpaired) electrons. The van der Waals surface area contributed by atoms with Crippen molar-refractivity contribution in [1.82, 2.24) is 19.6 Å². The second kappa shape index (κ2) is 6.88. The first-order valence-electron chi connectivity index (χ1n) is 7.67. The van der Waals surface area contributed by atoms with Crippen molar-refractivity contribution in [2.45, 2.75) is 26.9 Å². The molecule has 6 nitrogen and oxygen atoms in total. The largest absolute Gasteiger partial charge is 0.319 e. The van der Waals surface area contributed by atoms with Crippen LogP contribution in [-0.4, -0.2) is 25.5 Å². The number of amides is 1. The maximum Gasteiger partial charge on any atom is 0.259 e. The number of halogens is 1. The molecule has 0 unspecified atom stereocenters. The molecule has 2 heterocycles. The third-order valence-corrected chi connectivity index (χ3v) is 3.87. The van der Waals surface area contributed by atoms with E-state index < -0.39 is 0 Å². The lowest BCUT2D eigenvalue weighted by atomic mass is 10.2. The van der Waals surface area contributed by atoms with Crippen LogP contribution in [0, 0.1) is 6.92 Å². The fourth-order valence-corrected chi connectivity index (χ4v) is 2.65. The van der Waals surface area contributed by atoms with Gasteiger partial charge in [-0.2, -0.15) is 10.2 Å². The summed E-state index contributed by atoms with van der Waals surface area (Å²) in [5.74, 6) is -0.186. The van der Waals surface area contributed by atoms with Gasteiger partial charge < -0.3 is 5.32 Å². The molecular weight excluding hydrogens is 326 g/mol. The van der Waals surface area contributed by atoms with Crippen LogP contribution in [0.25, 0.3) is 0 Å². The number of carbonyl (C=O) groups is 1. The van der Waals surface area contributed by atoms with Crippen molar-refractivity contribution in [3.8, 4) is 0 Å². The number of nitrogens with zero attached hydrogens (tertiary/aromatic N) is 4. The maximum absolute atomic E-state index is 12.4. The highest BCUT2D eigenvalue weighted by Gasteiger charge is 2.14. The molecule has 0 bridgehead atoms. The van der Waals surface area contributed by atoms with Gasteiger partial charge in [-0.25, -0.2) is 0 Å². The molecule has 1 amide bonds. The van der Waals surface area contributed by atoms with Gasteiger partial charge in [0.2, 0.25) is 0 Å². The van der Waals surface area contributed by atoms with Gasteiger partial charge in [0.25, 0.3) is 5.91 Å². The second-order valence-electron chi connectivity index (χ2n) is 5.49. The smallest absolute Gasteiger partial charge is 0.259 e. The summed E-state index contributed by atoms with van der Waals surface area (Å²) in [5, 5.41) is 12.1. The van der Waals surface area contributed by atoms with E-state index in [4.69, 9.17) is 11.6 Å². The van der Waals surface area contributed by atoms with Crippen LogP contribution in [0.1, 0.15) is 28.5 Å². The number of nitrogens with one attached hydrogen (secondary N) is 1. The van der Waals surface area contributed by atoms with Gasteiger partial charge in [-0.05, 0) is 31.5 Å². The Morgan fingerprint density at radius 3 is 2.83 bits per heavy atom. The number of hydrogen-bond acceptors (Lipinski definition) is 3. The minimum Gasteiger partial charge on any atom is -0.319 e. The fraction of sp³-hybridized carbons (Fsp3) is 0.235. The number of rotatable bonds is 5. The lowest BCUT2D eigenvalue weighted by molar-refractivity contribution is 0.102. The molecule has 0 aliphatic heterocycles. The summed E-state index contributed by atoms with van der Waals surface area (Å²) in [6.07, 6.45) is 5.17. The molecule has 124 valence electrons. The van der Waals surface area contributed by atoms with Crippen LogP contribution in [0.2, 0.25) is 5.02 Å². The van der Waals surface area contributed by atoms with E-state index >= 15 is 0 Å². The Labute approximate surface area is 145 Å². The molecule has 1 aromatic carbocycles. The standard InChI is InChI=1S/C17H18ClN5O/c1-3-22-11-16(12(2)21-22)17(24)20-15-8-19-23(10-15)9-13-5-4-6-14(18)7-13/h4-8,10-11H,3,9H2,1-2H3,(H,20,24). The highest BCUT2D eigenvalue weighted by molar-refractivity contribution is 6.30. The summed E-state index contributed by atoms with van der Waals surface area (Å²) in [6, 6.07) is 7.61. The van der Waals surface area contributed by atoms with Gasteiger partial charge in [-0.1, -0.05) is 23.7 Å². The van der Waals surface area contributed by atoms with E-state index in [1.807, 2.05) is 38.1 Å².